The number of hydrogen-bond donors (Lipinski definition) is 0. The summed E-state index contributed by atoms with van der Waals surface area (Å²) in [4.78, 5) is 4.34. The van der Waals surface area contributed by atoms with Crippen molar-refractivity contribution in [1.29, 1.82) is 0 Å². The van der Waals surface area contributed by atoms with E-state index in [9.17, 15) is 0 Å². The summed E-state index contributed by atoms with van der Waals surface area (Å²) >= 11 is 0. The number of para-hydroxylation sites is 1. The van der Waals surface area contributed by atoms with Gasteiger partial charge >= 0.3 is 0 Å². The maximum absolute atomic E-state index is 4.34. The minimum Gasteiger partial charge on any atom is -0.218 e. The van der Waals surface area contributed by atoms with Crippen LogP contribution in [0.15, 0.2) is 54.6 Å². The predicted molar refractivity (Wildman–Crippen MR) is 69.8 cm³/mol. The van der Waals surface area contributed by atoms with E-state index in [0.29, 0.717) is 5.82 Å². The Hall–Kier alpha value is -2.73. The van der Waals surface area contributed by atoms with E-state index in [1.807, 2.05) is 54.6 Å². The number of rotatable bonds is 0. The lowest BCUT2D eigenvalue weighted by molar-refractivity contribution is 0.997. The monoisotopic (exact) mass is 231 g/mol. The Morgan fingerprint density at radius 2 is 1.39 bits per heavy atom. The molecule has 1 aromatic heterocycles. The molecule has 0 saturated heterocycles. The summed E-state index contributed by atoms with van der Waals surface area (Å²) in [6.07, 6.45) is 0. The zero-order valence-corrected chi connectivity index (χ0v) is 9.54. The van der Waals surface area contributed by atoms with Gasteiger partial charge < -0.3 is 0 Å². The molecule has 0 spiro atoms. The van der Waals surface area contributed by atoms with Gasteiger partial charge in [-0.25, -0.2) is 4.98 Å². The molecule has 0 atom stereocenters. The zero-order valence-electron chi connectivity index (χ0n) is 9.54. The maximum Gasteiger partial charge on any atom is 0.226 e. The van der Waals surface area contributed by atoms with E-state index in [1.54, 1.807) is 0 Å². The standard InChI is InChI=1S/C15H9N3/c1-2-6-12(7-3-1)10-11-15-16-13-8-4-5-9-14(13)17-18-15/h1-9H. The number of aromatic nitrogens is 3. The highest BCUT2D eigenvalue weighted by Crippen LogP contribution is 2.06. The summed E-state index contributed by atoms with van der Waals surface area (Å²) in [7, 11) is 0. The highest BCUT2D eigenvalue weighted by atomic mass is 15.1. The van der Waals surface area contributed by atoms with Crippen molar-refractivity contribution in [2.45, 2.75) is 0 Å². The van der Waals surface area contributed by atoms with E-state index in [0.717, 1.165) is 16.6 Å². The quantitative estimate of drug-likeness (QED) is 0.558. The molecule has 0 unspecified atom stereocenters. The van der Waals surface area contributed by atoms with E-state index in [2.05, 4.69) is 27.0 Å². The molecule has 0 N–H and O–H groups in total. The smallest absolute Gasteiger partial charge is 0.218 e. The van der Waals surface area contributed by atoms with Crippen molar-refractivity contribution in [3.8, 4) is 11.8 Å². The molecule has 0 aliphatic carbocycles. The first kappa shape index (κ1) is 10.4. The van der Waals surface area contributed by atoms with Crippen LogP contribution < -0.4 is 0 Å². The van der Waals surface area contributed by atoms with Crippen LogP contribution in [-0.2, 0) is 0 Å². The largest absolute Gasteiger partial charge is 0.226 e. The van der Waals surface area contributed by atoms with Crippen LogP contribution in [0.5, 0.6) is 0 Å². The molecular weight excluding hydrogens is 222 g/mol. The van der Waals surface area contributed by atoms with Crippen molar-refractivity contribution in [1.82, 2.24) is 15.2 Å². The van der Waals surface area contributed by atoms with Gasteiger partial charge in [0, 0.05) is 5.56 Å². The maximum atomic E-state index is 4.34. The number of fused-ring (bicyclic) bond motifs is 1. The fourth-order valence-corrected chi connectivity index (χ4v) is 1.58. The van der Waals surface area contributed by atoms with Crippen molar-refractivity contribution < 1.29 is 0 Å². The van der Waals surface area contributed by atoms with Gasteiger partial charge in [-0.15, -0.1) is 10.2 Å². The lowest BCUT2D eigenvalue weighted by Crippen LogP contribution is -1.93. The van der Waals surface area contributed by atoms with Crippen LogP contribution in [0.1, 0.15) is 11.4 Å². The second-order valence-electron chi connectivity index (χ2n) is 3.74. The van der Waals surface area contributed by atoms with Crippen molar-refractivity contribution in [3.05, 3.63) is 66.0 Å². The van der Waals surface area contributed by atoms with Crippen molar-refractivity contribution >= 4 is 11.0 Å². The molecule has 18 heavy (non-hydrogen) atoms. The second-order valence-corrected chi connectivity index (χ2v) is 3.74. The van der Waals surface area contributed by atoms with Gasteiger partial charge in [0.05, 0.1) is 5.52 Å². The third-order valence-corrected chi connectivity index (χ3v) is 2.45. The SMILES string of the molecule is C(#Cc1nnc2ccccc2n1)c1ccccc1. The highest BCUT2D eigenvalue weighted by Gasteiger charge is 1.97. The Morgan fingerprint density at radius 3 is 2.22 bits per heavy atom. The lowest BCUT2D eigenvalue weighted by Gasteiger charge is -1.94. The molecule has 3 rings (SSSR count). The Bertz CT molecular complexity index is 740. The Balaban J connectivity index is 1.99. The van der Waals surface area contributed by atoms with Gasteiger partial charge in [0.1, 0.15) is 5.52 Å². The Morgan fingerprint density at radius 1 is 0.667 bits per heavy atom. The molecule has 0 saturated carbocycles. The van der Waals surface area contributed by atoms with Crippen LogP contribution in [0.25, 0.3) is 11.0 Å². The van der Waals surface area contributed by atoms with Crippen molar-refractivity contribution in [2.75, 3.05) is 0 Å². The van der Waals surface area contributed by atoms with Gasteiger partial charge in [0.2, 0.25) is 5.82 Å². The third-order valence-electron chi connectivity index (χ3n) is 2.45. The molecule has 3 heteroatoms. The summed E-state index contributed by atoms with van der Waals surface area (Å²) < 4.78 is 0. The van der Waals surface area contributed by atoms with Gasteiger partial charge in [-0.3, -0.25) is 0 Å². The zero-order chi connectivity index (χ0) is 12.2. The van der Waals surface area contributed by atoms with Gasteiger partial charge in [-0.05, 0) is 30.2 Å². The van der Waals surface area contributed by atoms with Crippen LogP contribution in [0.2, 0.25) is 0 Å². The summed E-state index contributed by atoms with van der Waals surface area (Å²) in [6, 6.07) is 17.4. The van der Waals surface area contributed by atoms with Gasteiger partial charge in [0.15, 0.2) is 0 Å². The van der Waals surface area contributed by atoms with Crippen LogP contribution >= 0.6 is 0 Å². The summed E-state index contributed by atoms with van der Waals surface area (Å²) in [6.45, 7) is 0. The normalized spacial score (nSPS) is 9.78. The molecule has 0 aliphatic rings. The van der Waals surface area contributed by atoms with Gasteiger partial charge in [-0.2, -0.15) is 0 Å². The molecule has 0 amide bonds. The lowest BCUT2D eigenvalue weighted by atomic mass is 10.2. The summed E-state index contributed by atoms with van der Waals surface area (Å²) in [5.41, 5.74) is 2.53. The van der Waals surface area contributed by atoms with E-state index >= 15 is 0 Å². The highest BCUT2D eigenvalue weighted by molar-refractivity contribution is 5.73. The molecule has 3 aromatic rings. The van der Waals surface area contributed by atoms with Crippen molar-refractivity contribution in [3.63, 3.8) is 0 Å². The molecule has 2 aromatic carbocycles. The van der Waals surface area contributed by atoms with E-state index in [-0.39, 0.29) is 0 Å². The summed E-state index contributed by atoms with van der Waals surface area (Å²) in [5.74, 6) is 6.37. The molecule has 1 heterocycles. The third kappa shape index (κ3) is 2.18. The number of nitrogens with zero attached hydrogens (tertiary/aromatic N) is 3. The Kier molecular flexibility index (Phi) is 2.69. The average Bonchev–Trinajstić information content (AvgIpc) is 2.46. The first-order valence-corrected chi connectivity index (χ1v) is 5.58. The first-order chi connectivity index (χ1) is 8.92. The van der Waals surface area contributed by atoms with Crippen molar-refractivity contribution in [2.24, 2.45) is 0 Å². The molecule has 0 radical (unpaired) electrons. The van der Waals surface area contributed by atoms with E-state index < -0.39 is 0 Å². The van der Waals surface area contributed by atoms with E-state index in [1.165, 1.54) is 0 Å². The minimum absolute atomic E-state index is 0.442. The molecule has 3 nitrogen and oxygen atoms in total. The minimum atomic E-state index is 0.442. The number of hydrogen-bond acceptors (Lipinski definition) is 3. The summed E-state index contributed by atoms with van der Waals surface area (Å²) in [5, 5.41) is 8.07. The molecule has 84 valence electrons. The van der Waals surface area contributed by atoms with Crippen LogP contribution in [0.3, 0.4) is 0 Å². The topological polar surface area (TPSA) is 38.7 Å². The first-order valence-electron chi connectivity index (χ1n) is 5.58. The molecule has 0 aliphatic heterocycles. The fraction of sp³-hybridized carbons (Fsp3) is 0. The van der Waals surface area contributed by atoms with Gasteiger partial charge in [-0.1, -0.05) is 36.3 Å². The molecule has 0 bridgehead atoms. The fourth-order valence-electron chi connectivity index (χ4n) is 1.58. The van der Waals surface area contributed by atoms with Crippen LogP contribution in [0, 0.1) is 11.8 Å². The predicted octanol–water partition coefficient (Wildman–Crippen LogP) is 2.42. The van der Waals surface area contributed by atoms with Crippen LogP contribution in [-0.4, -0.2) is 15.2 Å². The number of benzene rings is 2. The second kappa shape index (κ2) is 4.64. The molecular formula is C15H9N3. The van der Waals surface area contributed by atoms with E-state index in [4.69, 9.17) is 0 Å². The van der Waals surface area contributed by atoms with Crippen LogP contribution in [0.4, 0.5) is 0 Å². The average molecular weight is 231 g/mol. The molecule has 0 fully saturated rings. The van der Waals surface area contributed by atoms with Gasteiger partial charge in [0.25, 0.3) is 0 Å². The Labute approximate surface area is 105 Å².